The molecule has 0 spiro atoms. The monoisotopic (exact) mass is 798 g/mol. The number of aromatic nitrogens is 4. The van der Waals surface area contributed by atoms with Gasteiger partial charge in [-0.2, -0.15) is 0 Å². The minimum Gasteiger partial charge on any atom is -0.265 e. The maximum atomic E-state index is 4.38. The lowest BCUT2D eigenvalue weighted by molar-refractivity contribution is 1.20. The van der Waals surface area contributed by atoms with Crippen LogP contribution < -0.4 is 0 Å². The summed E-state index contributed by atoms with van der Waals surface area (Å²) in [5, 5.41) is 6.53. The van der Waals surface area contributed by atoms with Gasteiger partial charge in [-0.05, 0) is 129 Å². The molecule has 6 aromatic carbocycles. The van der Waals surface area contributed by atoms with E-state index in [4.69, 9.17) is 0 Å². The molecule has 0 N–H and O–H groups in total. The largest absolute Gasteiger partial charge is 0.265 e. The van der Waals surface area contributed by atoms with Crippen LogP contribution >= 0.6 is 0 Å². The van der Waals surface area contributed by atoms with E-state index in [-0.39, 0.29) is 0 Å². The molecule has 0 saturated heterocycles. The van der Waals surface area contributed by atoms with E-state index in [1.807, 2.05) is 119 Å². The second kappa shape index (κ2) is 26.7. The minimum absolute atomic E-state index is 1.07. The molecular formula is C57H58N4. The lowest BCUT2D eigenvalue weighted by Crippen LogP contribution is -1.80. The highest BCUT2D eigenvalue weighted by atomic mass is 14.7. The SMILES string of the molecule is Cc1ccc2ccccc2c1.Cc1ccc2ccccc2n1.Cc1cccc2ccccc12.Cc1ccccc1.Cc1ccccn1.Cc1cccnc1.Cc1ccncc1. The normalized spacial score (nSPS) is 9.56. The van der Waals surface area contributed by atoms with Crippen molar-refractivity contribution in [2.24, 2.45) is 0 Å². The summed E-state index contributed by atoms with van der Waals surface area (Å²) in [5.74, 6) is 0. The fraction of sp³-hybridized carbons (Fsp3) is 0.123. The molecule has 4 nitrogen and oxygen atoms in total. The molecule has 4 heterocycles. The average Bonchev–Trinajstić information content (AvgIpc) is 3.29. The van der Waals surface area contributed by atoms with Crippen molar-refractivity contribution in [3.05, 3.63) is 264 Å². The van der Waals surface area contributed by atoms with Crippen LogP contribution in [0.25, 0.3) is 32.4 Å². The van der Waals surface area contributed by atoms with Gasteiger partial charge in [0.1, 0.15) is 0 Å². The number of benzene rings is 6. The van der Waals surface area contributed by atoms with Gasteiger partial charge in [-0.15, -0.1) is 0 Å². The number of pyridine rings is 4. The highest BCUT2D eigenvalue weighted by Crippen LogP contribution is 2.17. The Morgan fingerprint density at radius 3 is 1.46 bits per heavy atom. The quantitative estimate of drug-likeness (QED) is 0.153. The van der Waals surface area contributed by atoms with E-state index < -0.39 is 0 Å². The van der Waals surface area contributed by atoms with Crippen molar-refractivity contribution in [3.63, 3.8) is 0 Å². The van der Waals surface area contributed by atoms with E-state index in [2.05, 4.69) is 150 Å². The van der Waals surface area contributed by atoms with E-state index in [1.165, 1.54) is 54.7 Å². The van der Waals surface area contributed by atoms with E-state index in [9.17, 15) is 0 Å². The van der Waals surface area contributed by atoms with Crippen LogP contribution in [0.15, 0.2) is 225 Å². The second-order valence-electron chi connectivity index (χ2n) is 14.5. The van der Waals surface area contributed by atoms with E-state index in [0.29, 0.717) is 0 Å². The number of rotatable bonds is 0. The molecule has 10 rings (SSSR count). The van der Waals surface area contributed by atoms with Gasteiger partial charge in [0.05, 0.1) is 5.52 Å². The number of nitrogens with zero attached hydrogens (tertiary/aromatic N) is 4. The van der Waals surface area contributed by atoms with Gasteiger partial charge in [0.25, 0.3) is 0 Å². The Kier molecular flexibility index (Phi) is 20.3. The van der Waals surface area contributed by atoms with Crippen molar-refractivity contribution < 1.29 is 0 Å². The highest BCUT2D eigenvalue weighted by Gasteiger charge is 1.93. The molecule has 0 saturated carbocycles. The van der Waals surface area contributed by atoms with Gasteiger partial charge in [0, 0.05) is 47.8 Å². The zero-order valence-electron chi connectivity index (χ0n) is 36.7. The molecule has 0 atom stereocenters. The number of fused-ring (bicyclic) bond motifs is 3. The van der Waals surface area contributed by atoms with Gasteiger partial charge in [0.15, 0.2) is 0 Å². The maximum absolute atomic E-state index is 4.38. The predicted molar refractivity (Wildman–Crippen MR) is 262 cm³/mol. The van der Waals surface area contributed by atoms with E-state index >= 15 is 0 Å². The summed E-state index contributed by atoms with van der Waals surface area (Å²) in [4.78, 5) is 16.1. The van der Waals surface area contributed by atoms with Gasteiger partial charge in [-0.25, -0.2) is 0 Å². The Morgan fingerprint density at radius 1 is 0.311 bits per heavy atom. The highest BCUT2D eigenvalue weighted by molar-refractivity contribution is 5.85. The van der Waals surface area contributed by atoms with E-state index in [1.54, 1.807) is 24.8 Å². The first kappa shape index (κ1) is 46.4. The van der Waals surface area contributed by atoms with Crippen LogP contribution in [0.5, 0.6) is 0 Å². The van der Waals surface area contributed by atoms with Crippen LogP contribution in [0.4, 0.5) is 0 Å². The Balaban J connectivity index is 0.000000159. The first-order valence-electron chi connectivity index (χ1n) is 20.5. The molecule has 10 aromatic rings. The third-order valence-corrected chi connectivity index (χ3v) is 9.06. The molecule has 0 bridgehead atoms. The fourth-order valence-electron chi connectivity index (χ4n) is 5.72. The first-order valence-corrected chi connectivity index (χ1v) is 20.5. The number of para-hydroxylation sites is 1. The summed E-state index contributed by atoms with van der Waals surface area (Å²) in [5.41, 5.74) is 9.69. The molecule has 0 unspecified atom stereocenters. The molecule has 61 heavy (non-hydrogen) atoms. The zero-order chi connectivity index (χ0) is 43.5. The second-order valence-corrected chi connectivity index (χ2v) is 14.5. The summed E-state index contributed by atoms with van der Waals surface area (Å²) >= 11 is 0. The Bertz CT molecular complexity index is 2460. The summed E-state index contributed by atoms with van der Waals surface area (Å²) in [6.45, 7) is 14.4. The number of hydrogen-bond acceptors (Lipinski definition) is 4. The van der Waals surface area contributed by atoms with Crippen molar-refractivity contribution in [2.75, 3.05) is 0 Å². The predicted octanol–water partition coefficient (Wildman–Crippen LogP) is 15.0. The Morgan fingerprint density at radius 2 is 0.902 bits per heavy atom. The Labute approximate surface area is 363 Å². The van der Waals surface area contributed by atoms with Crippen molar-refractivity contribution in [2.45, 2.75) is 48.5 Å². The average molecular weight is 799 g/mol. The molecule has 0 aliphatic rings. The molecule has 0 radical (unpaired) electrons. The summed E-state index contributed by atoms with van der Waals surface area (Å²) in [6.07, 6.45) is 8.97. The van der Waals surface area contributed by atoms with Gasteiger partial charge in [0.2, 0.25) is 0 Å². The molecule has 4 heteroatoms. The third-order valence-electron chi connectivity index (χ3n) is 9.06. The lowest BCUT2D eigenvalue weighted by atomic mass is 10.1. The number of aryl methyl sites for hydroxylation is 7. The van der Waals surface area contributed by atoms with Crippen molar-refractivity contribution in [1.29, 1.82) is 0 Å². The maximum Gasteiger partial charge on any atom is 0.0705 e. The first-order chi connectivity index (χ1) is 29.7. The molecule has 4 aromatic heterocycles. The van der Waals surface area contributed by atoms with Crippen LogP contribution in [-0.2, 0) is 0 Å². The standard InChI is InChI=1S/2C11H10.C10H9N.C7H8.3C6H7N/c1-9-5-4-7-10-6-2-3-8-11(9)10;1-9-6-7-10-4-2-3-5-11(10)8-9;1-8-6-7-9-4-2-3-5-10(9)11-8;1-7-5-3-2-4-6-7;1-6-2-4-7-5-3-6;1-6-3-2-4-7-5-6;1-6-4-2-3-5-7-6/h2*2-8H,1H3;2-7H,1H3;2-6H,1H3;3*2-5H,1H3. The Hall–Kier alpha value is -7.30. The molecule has 0 fully saturated rings. The molecule has 0 aliphatic heterocycles. The van der Waals surface area contributed by atoms with Crippen molar-refractivity contribution >= 4 is 32.4 Å². The van der Waals surface area contributed by atoms with Crippen LogP contribution in [0.1, 0.15) is 39.2 Å². The summed E-state index contributed by atoms with van der Waals surface area (Å²) in [7, 11) is 0. The third kappa shape index (κ3) is 18.4. The molecule has 0 aliphatic carbocycles. The van der Waals surface area contributed by atoms with Crippen LogP contribution in [0.2, 0.25) is 0 Å². The van der Waals surface area contributed by atoms with E-state index in [0.717, 1.165) is 16.9 Å². The van der Waals surface area contributed by atoms with Gasteiger partial charge in [-0.3, -0.25) is 19.9 Å². The van der Waals surface area contributed by atoms with Crippen molar-refractivity contribution in [1.82, 2.24) is 19.9 Å². The van der Waals surface area contributed by atoms with Crippen molar-refractivity contribution in [3.8, 4) is 0 Å². The topological polar surface area (TPSA) is 51.6 Å². The van der Waals surface area contributed by atoms with Crippen LogP contribution in [0, 0.1) is 48.5 Å². The van der Waals surface area contributed by atoms with Gasteiger partial charge >= 0.3 is 0 Å². The lowest BCUT2D eigenvalue weighted by Gasteiger charge is -1.98. The van der Waals surface area contributed by atoms with Gasteiger partial charge < -0.3 is 0 Å². The molecule has 306 valence electrons. The smallest absolute Gasteiger partial charge is 0.0705 e. The zero-order valence-corrected chi connectivity index (χ0v) is 36.7. The fourth-order valence-corrected chi connectivity index (χ4v) is 5.72. The number of hydrogen-bond donors (Lipinski definition) is 0. The minimum atomic E-state index is 1.07. The van der Waals surface area contributed by atoms with Crippen LogP contribution in [0.3, 0.4) is 0 Å². The van der Waals surface area contributed by atoms with Crippen LogP contribution in [-0.4, -0.2) is 19.9 Å². The summed E-state index contributed by atoms with van der Waals surface area (Å²) in [6, 6.07) is 66.0. The molecular weight excluding hydrogens is 741 g/mol. The van der Waals surface area contributed by atoms with Gasteiger partial charge in [-0.1, -0.05) is 163 Å². The summed E-state index contributed by atoms with van der Waals surface area (Å²) < 4.78 is 0. The molecule has 0 amide bonds.